The van der Waals surface area contributed by atoms with Gasteiger partial charge in [0, 0.05) is 38.6 Å². The van der Waals surface area contributed by atoms with Gasteiger partial charge in [0.05, 0.1) is 10.5 Å². The summed E-state index contributed by atoms with van der Waals surface area (Å²) in [6.07, 6.45) is 3.35. The van der Waals surface area contributed by atoms with Gasteiger partial charge >= 0.3 is 0 Å². The van der Waals surface area contributed by atoms with Crippen LogP contribution in [0, 0.1) is 6.92 Å². The number of carbonyl (C=O) groups is 1. The highest BCUT2D eigenvalue weighted by molar-refractivity contribution is 7.89. The molecule has 0 aliphatic carbocycles. The second-order valence-electron chi connectivity index (χ2n) is 5.61. The number of rotatable bonds is 3. The lowest BCUT2D eigenvalue weighted by molar-refractivity contribution is 0.0698. The number of aromatic amines is 1. The summed E-state index contributed by atoms with van der Waals surface area (Å²) < 4.78 is 26.8. The summed E-state index contributed by atoms with van der Waals surface area (Å²) >= 11 is 0. The van der Waals surface area contributed by atoms with E-state index in [1.807, 2.05) is 13.0 Å². The molecule has 0 atom stereocenters. The molecule has 2 aromatic rings. The molecule has 0 spiro atoms. The summed E-state index contributed by atoms with van der Waals surface area (Å²) in [5.74, 6) is -0.0705. The van der Waals surface area contributed by atoms with Gasteiger partial charge in [-0.1, -0.05) is 12.1 Å². The van der Waals surface area contributed by atoms with Crippen LogP contribution in [0.25, 0.3) is 0 Å². The van der Waals surface area contributed by atoms with Crippen LogP contribution < -0.4 is 0 Å². The number of benzene rings is 1. The number of amides is 1. The number of H-pyrrole nitrogens is 1. The van der Waals surface area contributed by atoms with Gasteiger partial charge in [-0.25, -0.2) is 8.42 Å². The Morgan fingerprint density at radius 1 is 1.13 bits per heavy atom. The molecule has 2 heterocycles. The van der Waals surface area contributed by atoms with Crippen molar-refractivity contribution in [3.05, 3.63) is 53.9 Å². The summed E-state index contributed by atoms with van der Waals surface area (Å²) in [6, 6.07) is 8.62. The molecular weight excluding hydrogens is 314 g/mol. The summed E-state index contributed by atoms with van der Waals surface area (Å²) in [5.41, 5.74) is 1.51. The van der Waals surface area contributed by atoms with Crippen molar-refractivity contribution in [2.24, 2.45) is 0 Å². The van der Waals surface area contributed by atoms with Gasteiger partial charge in [-0.15, -0.1) is 0 Å². The molecule has 1 aliphatic heterocycles. The number of nitrogens with zero attached hydrogens (tertiary/aromatic N) is 2. The summed E-state index contributed by atoms with van der Waals surface area (Å²) in [7, 11) is -3.50. The van der Waals surface area contributed by atoms with E-state index in [9.17, 15) is 13.2 Å². The predicted octanol–water partition coefficient (Wildman–Crippen LogP) is 1.47. The van der Waals surface area contributed by atoms with Gasteiger partial charge in [0.2, 0.25) is 10.0 Å². The molecule has 1 saturated heterocycles. The molecule has 0 unspecified atom stereocenters. The van der Waals surface area contributed by atoms with Crippen molar-refractivity contribution in [2.75, 3.05) is 26.2 Å². The molecule has 3 rings (SSSR count). The SMILES string of the molecule is Cc1cccc(S(=O)(=O)N2CCN(C(=O)c3cc[nH]c3)CC2)c1. The Morgan fingerprint density at radius 3 is 2.48 bits per heavy atom. The molecular formula is C16H19N3O3S. The Labute approximate surface area is 135 Å². The summed E-state index contributed by atoms with van der Waals surface area (Å²) in [5, 5.41) is 0. The number of aryl methyl sites for hydroxylation is 1. The zero-order chi connectivity index (χ0) is 16.4. The molecule has 23 heavy (non-hydrogen) atoms. The van der Waals surface area contributed by atoms with Crippen LogP contribution in [0.1, 0.15) is 15.9 Å². The van der Waals surface area contributed by atoms with Crippen molar-refractivity contribution < 1.29 is 13.2 Å². The topological polar surface area (TPSA) is 73.5 Å². The quantitative estimate of drug-likeness (QED) is 0.924. The lowest BCUT2D eigenvalue weighted by Crippen LogP contribution is -2.50. The van der Waals surface area contributed by atoms with Crippen LogP contribution in [0.4, 0.5) is 0 Å². The number of hydrogen-bond acceptors (Lipinski definition) is 3. The van der Waals surface area contributed by atoms with Gasteiger partial charge in [-0.3, -0.25) is 4.79 Å². The van der Waals surface area contributed by atoms with Gasteiger partial charge in [0.25, 0.3) is 5.91 Å². The van der Waals surface area contributed by atoms with Gasteiger partial charge < -0.3 is 9.88 Å². The van der Waals surface area contributed by atoms with Crippen LogP contribution in [-0.2, 0) is 10.0 Å². The predicted molar refractivity (Wildman–Crippen MR) is 86.6 cm³/mol. The lowest BCUT2D eigenvalue weighted by atomic mass is 10.2. The van der Waals surface area contributed by atoms with Crippen molar-refractivity contribution in [2.45, 2.75) is 11.8 Å². The summed E-state index contributed by atoms with van der Waals surface area (Å²) in [4.78, 5) is 17.1. The first-order valence-electron chi connectivity index (χ1n) is 7.47. The van der Waals surface area contributed by atoms with Crippen LogP contribution in [0.3, 0.4) is 0 Å². The minimum absolute atomic E-state index is 0.0705. The first-order valence-corrected chi connectivity index (χ1v) is 8.91. The molecule has 1 aromatic carbocycles. The van der Waals surface area contributed by atoms with E-state index in [2.05, 4.69) is 4.98 Å². The first kappa shape index (κ1) is 15.8. The first-order chi connectivity index (χ1) is 11.0. The van der Waals surface area contributed by atoms with Crippen molar-refractivity contribution in [1.82, 2.24) is 14.2 Å². The highest BCUT2D eigenvalue weighted by atomic mass is 32.2. The Bertz CT molecular complexity index is 792. The zero-order valence-electron chi connectivity index (χ0n) is 12.9. The lowest BCUT2D eigenvalue weighted by Gasteiger charge is -2.33. The maximum atomic E-state index is 12.7. The van der Waals surface area contributed by atoms with Crippen LogP contribution in [0.15, 0.2) is 47.6 Å². The molecule has 0 radical (unpaired) electrons. The third-order valence-electron chi connectivity index (χ3n) is 4.00. The second-order valence-corrected chi connectivity index (χ2v) is 7.55. The smallest absolute Gasteiger partial charge is 0.255 e. The molecule has 1 amide bonds. The van der Waals surface area contributed by atoms with Gasteiger partial charge in [0.15, 0.2) is 0 Å². The third-order valence-corrected chi connectivity index (χ3v) is 5.89. The number of nitrogens with one attached hydrogen (secondary N) is 1. The number of hydrogen-bond donors (Lipinski definition) is 1. The van der Waals surface area contributed by atoms with Crippen molar-refractivity contribution in [3.63, 3.8) is 0 Å². The van der Waals surface area contributed by atoms with E-state index in [1.54, 1.807) is 41.6 Å². The van der Waals surface area contributed by atoms with Crippen molar-refractivity contribution in [3.8, 4) is 0 Å². The minimum atomic E-state index is -3.50. The van der Waals surface area contributed by atoms with Crippen LogP contribution in [0.2, 0.25) is 0 Å². The largest absolute Gasteiger partial charge is 0.367 e. The van der Waals surface area contributed by atoms with E-state index in [0.717, 1.165) is 5.56 Å². The Hall–Kier alpha value is -2.12. The fraction of sp³-hybridized carbons (Fsp3) is 0.312. The van der Waals surface area contributed by atoms with Gasteiger partial charge in [-0.2, -0.15) is 4.31 Å². The highest BCUT2D eigenvalue weighted by Gasteiger charge is 2.30. The standard InChI is InChI=1S/C16H19N3O3S/c1-13-3-2-4-15(11-13)23(21,22)19-9-7-18(8-10-19)16(20)14-5-6-17-12-14/h2-6,11-12,17H,7-10H2,1H3. The molecule has 0 saturated carbocycles. The maximum absolute atomic E-state index is 12.7. The van der Waals surface area contributed by atoms with E-state index >= 15 is 0 Å². The van der Waals surface area contributed by atoms with Gasteiger partial charge in [0.1, 0.15) is 0 Å². The molecule has 7 heteroatoms. The average Bonchev–Trinajstić information content (AvgIpc) is 3.09. The molecule has 6 nitrogen and oxygen atoms in total. The minimum Gasteiger partial charge on any atom is -0.367 e. The summed E-state index contributed by atoms with van der Waals surface area (Å²) in [6.45, 7) is 3.29. The molecule has 1 aromatic heterocycles. The van der Waals surface area contributed by atoms with Crippen LogP contribution in [0.5, 0.6) is 0 Å². The molecule has 1 N–H and O–H groups in total. The normalized spacial score (nSPS) is 16.5. The number of piperazine rings is 1. The Kier molecular flexibility index (Phi) is 4.23. The molecule has 0 bridgehead atoms. The second kappa shape index (κ2) is 6.17. The van der Waals surface area contributed by atoms with E-state index < -0.39 is 10.0 Å². The zero-order valence-corrected chi connectivity index (χ0v) is 13.7. The number of carbonyl (C=O) groups excluding carboxylic acids is 1. The van der Waals surface area contributed by atoms with Crippen LogP contribution in [-0.4, -0.2) is 54.7 Å². The molecule has 1 fully saturated rings. The fourth-order valence-corrected chi connectivity index (χ4v) is 4.22. The van der Waals surface area contributed by atoms with E-state index in [1.165, 1.54) is 4.31 Å². The van der Waals surface area contributed by atoms with E-state index in [0.29, 0.717) is 36.6 Å². The highest BCUT2D eigenvalue weighted by Crippen LogP contribution is 2.19. The Morgan fingerprint density at radius 2 is 1.87 bits per heavy atom. The number of aromatic nitrogens is 1. The average molecular weight is 333 g/mol. The Balaban J connectivity index is 1.70. The number of sulfonamides is 1. The fourth-order valence-electron chi connectivity index (χ4n) is 2.70. The van der Waals surface area contributed by atoms with Crippen LogP contribution >= 0.6 is 0 Å². The van der Waals surface area contributed by atoms with Gasteiger partial charge in [-0.05, 0) is 30.7 Å². The van der Waals surface area contributed by atoms with Crippen molar-refractivity contribution >= 4 is 15.9 Å². The van der Waals surface area contributed by atoms with Crippen molar-refractivity contribution in [1.29, 1.82) is 0 Å². The molecule has 122 valence electrons. The maximum Gasteiger partial charge on any atom is 0.255 e. The third kappa shape index (κ3) is 3.16. The monoisotopic (exact) mass is 333 g/mol. The van der Waals surface area contributed by atoms with E-state index in [-0.39, 0.29) is 5.91 Å². The molecule has 1 aliphatic rings. The van der Waals surface area contributed by atoms with E-state index in [4.69, 9.17) is 0 Å².